The van der Waals surface area contributed by atoms with Gasteiger partial charge in [-0.05, 0) is 18.6 Å². The van der Waals surface area contributed by atoms with Crippen molar-refractivity contribution in [2.24, 2.45) is 0 Å². The second-order valence-corrected chi connectivity index (χ2v) is 6.08. The van der Waals surface area contributed by atoms with Crippen LogP contribution in [-0.4, -0.2) is 45.5 Å². The van der Waals surface area contributed by atoms with Crippen LogP contribution in [0.15, 0.2) is 33.9 Å². The van der Waals surface area contributed by atoms with Gasteiger partial charge in [-0.1, -0.05) is 37.2 Å². The minimum Gasteiger partial charge on any atom is -0.450 e. The molecule has 0 aliphatic rings. The largest absolute Gasteiger partial charge is 0.506 e. The molecule has 1 heterocycles. The molecule has 24 heavy (non-hydrogen) atoms. The maximum absolute atomic E-state index is 10.9. The summed E-state index contributed by atoms with van der Waals surface area (Å²) in [5.41, 5.74) is 1.31. The van der Waals surface area contributed by atoms with Gasteiger partial charge in [0.15, 0.2) is 11.7 Å². The monoisotopic (exact) mass is 355 g/mol. The van der Waals surface area contributed by atoms with Crippen molar-refractivity contribution in [3.63, 3.8) is 0 Å². The molecule has 2 atom stereocenters. The van der Waals surface area contributed by atoms with E-state index in [0.29, 0.717) is 22.7 Å². The summed E-state index contributed by atoms with van der Waals surface area (Å²) >= 11 is 1.20. The van der Waals surface area contributed by atoms with Crippen LogP contribution in [-0.2, 0) is 9.47 Å². The lowest BCUT2D eigenvalue weighted by molar-refractivity contribution is 0.00352. The van der Waals surface area contributed by atoms with Crippen molar-refractivity contribution in [3.8, 4) is 0 Å². The summed E-state index contributed by atoms with van der Waals surface area (Å²) in [6, 6.07) is 7.23. The number of hydrogen-bond donors (Lipinski definition) is 2. The van der Waals surface area contributed by atoms with Gasteiger partial charge in [-0.2, -0.15) is 0 Å². The van der Waals surface area contributed by atoms with E-state index in [4.69, 9.17) is 19.4 Å². The third kappa shape index (κ3) is 5.05. The SMILES string of the molecule is CCCC(Sc1nc2ccccc2o1)C(COC(=O)O)OC(=O)O. The lowest BCUT2D eigenvalue weighted by atomic mass is 10.1. The minimum atomic E-state index is -1.49. The Hall–Kier alpha value is -2.42. The molecule has 1 aromatic heterocycles. The summed E-state index contributed by atoms with van der Waals surface area (Å²) in [5.74, 6) is 0. The standard InChI is InChI=1S/C15H17NO7S/c1-2-5-12(11(23-15(19)20)8-21-14(17)18)24-13-16-9-6-3-4-7-10(9)22-13/h3-4,6-7,11-12H,2,5,8H2,1H3,(H,17,18)(H,19,20). The molecule has 0 spiro atoms. The first-order valence-corrected chi connectivity index (χ1v) is 8.15. The van der Waals surface area contributed by atoms with E-state index in [1.165, 1.54) is 11.8 Å². The van der Waals surface area contributed by atoms with Crippen molar-refractivity contribution >= 4 is 35.2 Å². The molecule has 0 saturated carbocycles. The van der Waals surface area contributed by atoms with Crippen molar-refractivity contribution < 1.29 is 33.7 Å². The number of carbonyl (C=O) groups is 2. The fourth-order valence-corrected chi connectivity index (χ4v) is 3.32. The molecule has 130 valence electrons. The highest BCUT2D eigenvalue weighted by Gasteiger charge is 2.29. The van der Waals surface area contributed by atoms with Crippen LogP contribution in [0.4, 0.5) is 9.59 Å². The van der Waals surface area contributed by atoms with Crippen LogP contribution >= 0.6 is 11.8 Å². The van der Waals surface area contributed by atoms with Crippen molar-refractivity contribution in [3.05, 3.63) is 24.3 Å². The first kappa shape index (κ1) is 17.9. The van der Waals surface area contributed by atoms with Crippen molar-refractivity contribution in [2.75, 3.05) is 6.61 Å². The molecule has 0 aliphatic heterocycles. The van der Waals surface area contributed by atoms with E-state index in [2.05, 4.69) is 9.72 Å². The van der Waals surface area contributed by atoms with Gasteiger partial charge in [-0.15, -0.1) is 0 Å². The van der Waals surface area contributed by atoms with Crippen LogP contribution in [0.2, 0.25) is 0 Å². The molecule has 0 aliphatic carbocycles. The van der Waals surface area contributed by atoms with Crippen LogP contribution in [0, 0.1) is 0 Å². The average molecular weight is 355 g/mol. The smallest absolute Gasteiger partial charge is 0.450 e. The third-order valence-electron chi connectivity index (χ3n) is 3.14. The normalized spacial score (nSPS) is 13.4. The zero-order chi connectivity index (χ0) is 17.5. The second-order valence-electron chi connectivity index (χ2n) is 4.89. The highest BCUT2D eigenvalue weighted by molar-refractivity contribution is 7.99. The number of aromatic nitrogens is 1. The maximum Gasteiger partial charge on any atom is 0.506 e. The Labute approximate surface area is 141 Å². The Bertz CT molecular complexity index is 669. The predicted octanol–water partition coefficient (Wildman–Crippen LogP) is 3.85. The summed E-state index contributed by atoms with van der Waals surface area (Å²) in [5, 5.41) is 17.5. The molecule has 2 rings (SSSR count). The van der Waals surface area contributed by atoms with E-state index < -0.39 is 23.7 Å². The Morgan fingerprint density at radius 2 is 2.04 bits per heavy atom. The first-order valence-electron chi connectivity index (χ1n) is 7.27. The molecule has 0 amide bonds. The lowest BCUT2D eigenvalue weighted by Gasteiger charge is -2.23. The predicted molar refractivity (Wildman–Crippen MR) is 85.4 cm³/mol. The number of thioether (sulfide) groups is 1. The molecule has 8 nitrogen and oxygen atoms in total. The van der Waals surface area contributed by atoms with Gasteiger partial charge in [0.2, 0.25) is 0 Å². The number of ether oxygens (including phenoxy) is 2. The summed E-state index contributed by atoms with van der Waals surface area (Å²) in [4.78, 5) is 25.8. The summed E-state index contributed by atoms with van der Waals surface area (Å²) in [7, 11) is 0. The zero-order valence-corrected chi connectivity index (χ0v) is 13.7. The fourth-order valence-electron chi connectivity index (χ4n) is 2.14. The second kappa shape index (κ2) is 8.44. The third-order valence-corrected chi connectivity index (χ3v) is 4.36. The maximum atomic E-state index is 10.9. The molecule has 2 unspecified atom stereocenters. The highest BCUT2D eigenvalue weighted by Crippen LogP contribution is 2.31. The van der Waals surface area contributed by atoms with Gasteiger partial charge in [0.05, 0.1) is 5.25 Å². The number of hydrogen-bond acceptors (Lipinski definition) is 7. The molecular weight excluding hydrogens is 338 g/mol. The first-order chi connectivity index (χ1) is 11.5. The Balaban J connectivity index is 2.16. The van der Waals surface area contributed by atoms with Crippen LogP contribution in [0.25, 0.3) is 11.1 Å². The number of benzene rings is 1. The fraction of sp³-hybridized carbons (Fsp3) is 0.400. The highest BCUT2D eigenvalue weighted by atomic mass is 32.2. The van der Waals surface area contributed by atoms with Gasteiger partial charge in [-0.25, -0.2) is 14.6 Å². The molecule has 2 N–H and O–H groups in total. The van der Waals surface area contributed by atoms with Crippen molar-refractivity contribution in [1.29, 1.82) is 0 Å². The number of oxazole rings is 1. The van der Waals surface area contributed by atoms with E-state index in [9.17, 15) is 9.59 Å². The van der Waals surface area contributed by atoms with Crippen molar-refractivity contribution in [2.45, 2.75) is 36.3 Å². The van der Waals surface area contributed by atoms with Gasteiger partial charge >= 0.3 is 12.3 Å². The molecule has 2 aromatic rings. The summed E-state index contributed by atoms with van der Waals surface area (Å²) < 4.78 is 14.9. The van der Waals surface area contributed by atoms with Crippen molar-refractivity contribution in [1.82, 2.24) is 4.98 Å². The molecule has 9 heteroatoms. The number of rotatable bonds is 8. The van der Waals surface area contributed by atoms with Crippen LogP contribution in [0.1, 0.15) is 19.8 Å². The number of carboxylic acid groups (broad SMARTS) is 2. The molecular formula is C15H17NO7S. The Morgan fingerprint density at radius 3 is 2.67 bits per heavy atom. The molecule has 0 fully saturated rings. The summed E-state index contributed by atoms with van der Waals surface area (Å²) in [6.07, 6.45) is -2.63. The topological polar surface area (TPSA) is 119 Å². The van der Waals surface area contributed by atoms with E-state index in [-0.39, 0.29) is 6.61 Å². The van der Waals surface area contributed by atoms with Crippen LogP contribution < -0.4 is 0 Å². The molecule has 0 bridgehead atoms. The van der Waals surface area contributed by atoms with E-state index in [1.807, 2.05) is 19.1 Å². The molecule has 1 aromatic carbocycles. The van der Waals surface area contributed by atoms with Gasteiger partial charge in [-0.3, -0.25) is 0 Å². The Morgan fingerprint density at radius 1 is 1.29 bits per heavy atom. The summed E-state index contributed by atoms with van der Waals surface area (Å²) in [6.45, 7) is 1.54. The number of para-hydroxylation sites is 2. The minimum absolute atomic E-state index is 0.365. The van der Waals surface area contributed by atoms with Gasteiger partial charge in [0.1, 0.15) is 12.1 Å². The van der Waals surface area contributed by atoms with Gasteiger partial charge in [0, 0.05) is 0 Å². The quantitative estimate of drug-likeness (QED) is 0.537. The molecule has 0 radical (unpaired) electrons. The zero-order valence-electron chi connectivity index (χ0n) is 12.9. The van der Waals surface area contributed by atoms with Gasteiger partial charge in [0.25, 0.3) is 5.22 Å². The number of nitrogens with zero attached hydrogens (tertiary/aromatic N) is 1. The Kier molecular flexibility index (Phi) is 6.30. The average Bonchev–Trinajstić information content (AvgIpc) is 2.93. The van der Waals surface area contributed by atoms with E-state index >= 15 is 0 Å². The lowest BCUT2D eigenvalue weighted by Crippen LogP contribution is -2.34. The molecule has 0 saturated heterocycles. The van der Waals surface area contributed by atoms with Crippen LogP contribution in [0.5, 0.6) is 0 Å². The van der Waals surface area contributed by atoms with Gasteiger partial charge < -0.3 is 24.1 Å². The number of fused-ring (bicyclic) bond motifs is 1. The van der Waals surface area contributed by atoms with Crippen LogP contribution in [0.3, 0.4) is 0 Å². The van der Waals surface area contributed by atoms with E-state index in [0.717, 1.165) is 6.42 Å². The van der Waals surface area contributed by atoms with E-state index in [1.54, 1.807) is 12.1 Å².